The molecule has 0 aliphatic rings. The van der Waals surface area contributed by atoms with Gasteiger partial charge in [-0.05, 0) is 13.0 Å². The number of halogens is 1. The van der Waals surface area contributed by atoms with Gasteiger partial charge in [0.25, 0.3) is 5.69 Å². The van der Waals surface area contributed by atoms with Gasteiger partial charge in [0.15, 0.2) is 0 Å². The van der Waals surface area contributed by atoms with Crippen LogP contribution in [0, 0.1) is 15.9 Å². The minimum atomic E-state index is -1.00. The van der Waals surface area contributed by atoms with E-state index in [9.17, 15) is 19.3 Å². The maximum atomic E-state index is 13.6. The lowest BCUT2D eigenvalue weighted by molar-refractivity contribution is -0.384. The number of nitrogens with one attached hydrogen (secondary N) is 1. The smallest absolute Gasteiger partial charge is 0.340 e. The predicted octanol–water partition coefficient (Wildman–Crippen LogP) is 2.51. The zero-order valence-electron chi connectivity index (χ0n) is 10.5. The van der Waals surface area contributed by atoms with Crippen LogP contribution < -0.4 is 5.32 Å². The number of nitro benzene ring substituents is 1. The molecule has 1 rings (SSSR count). The van der Waals surface area contributed by atoms with E-state index in [1.807, 2.05) is 0 Å². The largest absolute Gasteiger partial charge is 0.465 e. The summed E-state index contributed by atoms with van der Waals surface area (Å²) in [5, 5.41) is 13.6. The number of nitrogens with zero attached hydrogens (tertiary/aromatic N) is 1. The Balaban J connectivity index is 3.26. The first kappa shape index (κ1) is 14.6. The van der Waals surface area contributed by atoms with E-state index in [2.05, 4.69) is 16.6 Å². The third-order valence-electron chi connectivity index (χ3n) is 2.27. The summed E-state index contributed by atoms with van der Waals surface area (Å²) >= 11 is 0. The lowest BCUT2D eigenvalue weighted by Crippen LogP contribution is -2.10. The van der Waals surface area contributed by atoms with Gasteiger partial charge in [-0.2, -0.15) is 0 Å². The molecule has 1 aromatic rings. The topological polar surface area (TPSA) is 81.5 Å². The van der Waals surface area contributed by atoms with E-state index in [0.29, 0.717) is 6.07 Å². The number of ether oxygens (including phenoxy) is 1. The molecule has 0 aliphatic carbocycles. The van der Waals surface area contributed by atoms with Crippen molar-refractivity contribution in [3.05, 3.63) is 45.8 Å². The Kier molecular flexibility index (Phi) is 4.57. The molecule has 0 aliphatic heterocycles. The standard InChI is InChI=1S/C12H13FN2O4/c1-7(2)6-14-10-4-8(12(16)19-3)9(13)5-11(10)15(17)18/h4-5,14H,1,6H2,2-3H3. The molecule has 0 atom stereocenters. The number of benzene rings is 1. The van der Waals surface area contributed by atoms with Crippen molar-refractivity contribution in [2.45, 2.75) is 6.92 Å². The van der Waals surface area contributed by atoms with Gasteiger partial charge in [0.05, 0.1) is 23.7 Å². The van der Waals surface area contributed by atoms with Crippen molar-refractivity contribution in [3.8, 4) is 0 Å². The highest BCUT2D eigenvalue weighted by molar-refractivity contribution is 5.92. The van der Waals surface area contributed by atoms with Crippen LogP contribution in [0.4, 0.5) is 15.8 Å². The number of methoxy groups -OCH3 is 1. The SMILES string of the molecule is C=C(C)CNc1cc(C(=O)OC)c(F)cc1[N+](=O)[O-]. The van der Waals surface area contributed by atoms with E-state index in [4.69, 9.17) is 0 Å². The molecule has 0 heterocycles. The van der Waals surface area contributed by atoms with Crippen molar-refractivity contribution < 1.29 is 18.8 Å². The quantitative estimate of drug-likeness (QED) is 0.384. The zero-order valence-corrected chi connectivity index (χ0v) is 10.5. The normalized spacial score (nSPS) is 9.84. The van der Waals surface area contributed by atoms with E-state index in [-0.39, 0.29) is 17.8 Å². The average molecular weight is 268 g/mol. The van der Waals surface area contributed by atoms with Crippen LogP contribution in [0.2, 0.25) is 0 Å². The molecule has 0 radical (unpaired) electrons. The van der Waals surface area contributed by atoms with Crippen molar-refractivity contribution >= 4 is 17.3 Å². The molecule has 0 saturated heterocycles. The lowest BCUT2D eigenvalue weighted by atomic mass is 10.1. The Bertz CT molecular complexity index is 543. The van der Waals surface area contributed by atoms with Crippen LogP contribution in [-0.4, -0.2) is 24.5 Å². The summed E-state index contributed by atoms with van der Waals surface area (Å²) in [7, 11) is 1.10. The van der Waals surface area contributed by atoms with Crippen LogP contribution in [0.3, 0.4) is 0 Å². The third-order valence-corrected chi connectivity index (χ3v) is 2.27. The zero-order chi connectivity index (χ0) is 14.6. The summed E-state index contributed by atoms with van der Waals surface area (Å²) in [4.78, 5) is 21.4. The van der Waals surface area contributed by atoms with Crippen molar-refractivity contribution in [3.63, 3.8) is 0 Å². The molecular formula is C12H13FN2O4. The summed E-state index contributed by atoms with van der Waals surface area (Å²) in [5.74, 6) is -1.90. The van der Waals surface area contributed by atoms with E-state index in [1.54, 1.807) is 6.92 Å². The number of hydrogen-bond acceptors (Lipinski definition) is 5. The molecule has 102 valence electrons. The third kappa shape index (κ3) is 3.51. The van der Waals surface area contributed by atoms with Gasteiger partial charge in [-0.1, -0.05) is 12.2 Å². The summed E-state index contributed by atoms with van der Waals surface area (Å²) in [5.41, 5.74) is -0.0447. The number of nitro groups is 1. The molecule has 0 bridgehead atoms. The lowest BCUT2D eigenvalue weighted by Gasteiger charge is -2.09. The van der Waals surface area contributed by atoms with Gasteiger partial charge in [-0.25, -0.2) is 9.18 Å². The second kappa shape index (κ2) is 5.94. The molecule has 0 aromatic heterocycles. The van der Waals surface area contributed by atoms with Gasteiger partial charge in [0, 0.05) is 6.54 Å². The summed E-state index contributed by atoms with van der Waals surface area (Å²) in [6.07, 6.45) is 0. The summed E-state index contributed by atoms with van der Waals surface area (Å²) in [6.45, 7) is 5.63. The van der Waals surface area contributed by atoms with Crippen LogP contribution in [-0.2, 0) is 4.74 Å². The first-order valence-electron chi connectivity index (χ1n) is 5.31. The highest BCUT2D eigenvalue weighted by Crippen LogP contribution is 2.28. The average Bonchev–Trinajstić information content (AvgIpc) is 2.35. The van der Waals surface area contributed by atoms with Crippen molar-refractivity contribution in [2.75, 3.05) is 19.0 Å². The van der Waals surface area contributed by atoms with Crippen LogP contribution in [0.15, 0.2) is 24.3 Å². The van der Waals surface area contributed by atoms with Crippen LogP contribution >= 0.6 is 0 Å². The highest BCUT2D eigenvalue weighted by Gasteiger charge is 2.22. The van der Waals surface area contributed by atoms with E-state index in [0.717, 1.165) is 18.7 Å². The van der Waals surface area contributed by atoms with Crippen molar-refractivity contribution in [1.82, 2.24) is 0 Å². The van der Waals surface area contributed by atoms with Gasteiger partial charge in [-0.15, -0.1) is 0 Å². The fourth-order valence-corrected chi connectivity index (χ4v) is 1.37. The molecule has 1 aromatic carbocycles. The fraction of sp³-hybridized carbons (Fsp3) is 0.250. The minimum Gasteiger partial charge on any atom is -0.465 e. The second-order valence-corrected chi connectivity index (χ2v) is 3.91. The van der Waals surface area contributed by atoms with Gasteiger partial charge in [0.2, 0.25) is 0 Å². The maximum Gasteiger partial charge on any atom is 0.340 e. The monoisotopic (exact) mass is 268 g/mol. The molecule has 6 nitrogen and oxygen atoms in total. The van der Waals surface area contributed by atoms with Gasteiger partial charge >= 0.3 is 5.97 Å². The first-order valence-corrected chi connectivity index (χ1v) is 5.31. The van der Waals surface area contributed by atoms with E-state index in [1.165, 1.54) is 0 Å². The Labute approximate surface area is 109 Å². The number of anilines is 1. The molecule has 0 unspecified atom stereocenters. The Morgan fingerprint density at radius 1 is 1.58 bits per heavy atom. The molecule has 7 heteroatoms. The Morgan fingerprint density at radius 3 is 2.68 bits per heavy atom. The van der Waals surface area contributed by atoms with Crippen LogP contribution in [0.1, 0.15) is 17.3 Å². The Hall–Kier alpha value is -2.44. The van der Waals surface area contributed by atoms with Crippen molar-refractivity contribution in [1.29, 1.82) is 0 Å². The maximum absolute atomic E-state index is 13.6. The van der Waals surface area contributed by atoms with E-state index < -0.39 is 22.4 Å². The van der Waals surface area contributed by atoms with Crippen LogP contribution in [0.25, 0.3) is 0 Å². The molecule has 0 spiro atoms. The molecule has 0 saturated carbocycles. The predicted molar refractivity (Wildman–Crippen MR) is 67.7 cm³/mol. The van der Waals surface area contributed by atoms with E-state index >= 15 is 0 Å². The summed E-state index contributed by atoms with van der Waals surface area (Å²) in [6, 6.07) is 1.75. The first-order chi connectivity index (χ1) is 8.86. The van der Waals surface area contributed by atoms with Gasteiger partial charge in [-0.3, -0.25) is 10.1 Å². The number of hydrogen-bond donors (Lipinski definition) is 1. The molecule has 1 N–H and O–H groups in total. The number of carbonyl (C=O) groups excluding carboxylic acids is 1. The molecule has 19 heavy (non-hydrogen) atoms. The second-order valence-electron chi connectivity index (χ2n) is 3.91. The number of rotatable bonds is 5. The fourth-order valence-electron chi connectivity index (χ4n) is 1.37. The summed E-state index contributed by atoms with van der Waals surface area (Å²) < 4.78 is 18.0. The van der Waals surface area contributed by atoms with Crippen molar-refractivity contribution in [2.24, 2.45) is 0 Å². The van der Waals surface area contributed by atoms with Gasteiger partial charge in [0.1, 0.15) is 11.5 Å². The Morgan fingerprint density at radius 2 is 2.21 bits per heavy atom. The highest BCUT2D eigenvalue weighted by atomic mass is 19.1. The van der Waals surface area contributed by atoms with Crippen LogP contribution in [0.5, 0.6) is 0 Å². The van der Waals surface area contributed by atoms with Gasteiger partial charge < -0.3 is 10.1 Å². The number of esters is 1. The number of carbonyl (C=O) groups is 1. The molecule has 0 amide bonds. The minimum absolute atomic E-state index is 0.0369. The molecule has 0 fully saturated rings. The molecular weight excluding hydrogens is 255 g/mol.